The van der Waals surface area contributed by atoms with Crippen molar-refractivity contribution in [2.24, 2.45) is 0 Å². The molecule has 44 heavy (non-hydrogen) atoms. The number of nitrogens with zero attached hydrogens (tertiary/aromatic N) is 2. The van der Waals surface area contributed by atoms with E-state index in [1.807, 2.05) is 89.2 Å². The summed E-state index contributed by atoms with van der Waals surface area (Å²) >= 11 is 7.82. The second kappa shape index (κ2) is 13.5. The molecule has 0 amide bonds. The van der Waals surface area contributed by atoms with E-state index in [9.17, 15) is 25.9 Å². The van der Waals surface area contributed by atoms with E-state index in [0.29, 0.717) is 36.0 Å². The van der Waals surface area contributed by atoms with Crippen molar-refractivity contribution in [1.29, 1.82) is 0 Å². The molecule has 2 heterocycles. The van der Waals surface area contributed by atoms with Crippen molar-refractivity contribution in [2.75, 3.05) is 23.0 Å². The molecule has 3 aromatic carbocycles. The number of anilines is 1. The van der Waals surface area contributed by atoms with Gasteiger partial charge in [-0.25, -0.2) is 0 Å². The topological polar surface area (TPSA) is 129 Å². The van der Waals surface area contributed by atoms with Crippen LogP contribution in [0.1, 0.15) is 32.1 Å². The normalized spacial score (nSPS) is 15.0. The Balaban J connectivity index is 1.54. The molecule has 232 valence electrons. The van der Waals surface area contributed by atoms with Crippen LogP contribution in [0.4, 0.5) is 5.69 Å². The zero-order chi connectivity index (χ0) is 31.5. The first-order valence-electron chi connectivity index (χ1n) is 14.0. The highest BCUT2D eigenvalue weighted by Gasteiger charge is 2.27. The molecule has 13 heteroatoms. The smallest absolute Gasteiger partial charge is 0.374 e. The highest BCUT2D eigenvalue weighted by atomic mass is 35.5. The molecular weight excluding hydrogens is 644 g/mol. The van der Waals surface area contributed by atoms with E-state index in [-0.39, 0.29) is 24.3 Å². The zero-order valence-corrected chi connectivity index (χ0v) is 27.1. The number of allylic oxidation sites excluding steroid dienone is 2. The summed E-state index contributed by atoms with van der Waals surface area (Å²) in [6, 6.07) is 21.3. The zero-order valence-electron chi connectivity index (χ0n) is 23.9. The van der Waals surface area contributed by atoms with Gasteiger partial charge < -0.3 is 9.32 Å². The molecule has 0 saturated carbocycles. The fourth-order valence-electron chi connectivity index (χ4n) is 5.03. The minimum Gasteiger partial charge on any atom is -0.398 e. The standard InChI is InChI=1S/C31H31ClN2O7S3/c1-2-22(19-31-34(15-7-17-44(38,39)40)27-21-25(32)11-13-29(27)42-31)18-30-33(14-6-16-43(35,36)37)26-20-24(10-12-28(26)41-30)23-8-4-3-5-9-23/h3-5,8-13,18-21H,2,6-7,14-17H2,1H3,(H-,35,36,37,38,39,40)/p+1. The maximum Gasteiger partial charge on any atom is 0.374 e. The molecule has 0 saturated heterocycles. The Morgan fingerprint density at radius 1 is 0.955 bits per heavy atom. The number of benzene rings is 3. The van der Waals surface area contributed by atoms with Gasteiger partial charge in [0, 0.05) is 29.0 Å². The number of fused-ring (bicyclic) bond motifs is 2. The van der Waals surface area contributed by atoms with Gasteiger partial charge in [-0.05, 0) is 59.9 Å². The molecular formula is C31H32ClN2O7S3+. The summed E-state index contributed by atoms with van der Waals surface area (Å²) < 4.78 is 72.5. The number of aryl methyl sites for hydroxylation is 1. The molecule has 0 atom stereocenters. The molecule has 0 unspecified atom stereocenters. The molecule has 0 radical (unpaired) electrons. The summed E-state index contributed by atoms with van der Waals surface area (Å²) in [5.41, 5.74) is 5.21. The Bertz CT molecular complexity index is 1950. The van der Waals surface area contributed by atoms with E-state index >= 15 is 0 Å². The van der Waals surface area contributed by atoms with Gasteiger partial charge in [0.15, 0.2) is 6.54 Å². The Morgan fingerprint density at radius 2 is 1.68 bits per heavy atom. The number of oxazole rings is 1. The molecule has 0 aliphatic carbocycles. The fourth-order valence-corrected chi connectivity index (χ4v) is 7.33. The summed E-state index contributed by atoms with van der Waals surface area (Å²) in [5, 5.41) is 1.42. The number of halogens is 1. The molecule has 2 N–H and O–H groups in total. The second-order valence-corrected chi connectivity index (χ2v) is 15.0. The van der Waals surface area contributed by atoms with Crippen LogP contribution in [0.5, 0.6) is 0 Å². The predicted octanol–water partition coefficient (Wildman–Crippen LogP) is 6.84. The van der Waals surface area contributed by atoms with Gasteiger partial charge in [-0.3, -0.25) is 9.11 Å². The Hall–Kier alpha value is -3.13. The summed E-state index contributed by atoms with van der Waals surface area (Å²) in [5.74, 6) is -0.216. The minimum atomic E-state index is -4.13. The molecule has 0 bridgehead atoms. The average Bonchev–Trinajstić information content (AvgIpc) is 3.48. The first-order chi connectivity index (χ1) is 20.9. The Labute approximate surface area is 266 Å². The van der Waals surface area contributed by atoms with E-state index in [2.05, 4.69) is 0 Å². The van der Waals surface area contributed by atoms with Gasteiger partial charge in [-0.15, -0.1) is 0 Å². The van der Waals surface area contributed by atoms with Crippen LogP contribution < -0.4 is 9.47 Å². The maximum absolute atomic E-state index is 11.5. The van der Waals surface area contributed by atoms with Crippen molar-refractivity contribution in [3.05, 3.63) is 94.3 Å². The van der Waals surface area contributed by atoms with Gasteiger partial charge in [-0.1, -0.05) is 66.7 Å². The van der Waals surface area contributed by atoms with Crippen molar-refractivity contribution in [3.63, 3.8) is 0 Å². The molecule has 9 nitrogen and oxygen atoms in total. The van der Waals surface area contributed by atoms with Crippen LogP contribution in [-0.4, -0.2) is 44.0 Å². The highest BCUT2D eigenvalue weighted by molar-refractivity contribution is 8.03. The van der Waals surface area contributed by atoms with Crippen molar-refractivity contribution < 1.29 is 34.9 Å². The largest absolute Gasteiger partial charge is 0.398 e. The molecule has 1 aromatic heterocycles. The lowest BCUT2D eigenvalue weighted by atomic mass is 10.1. The van der Waals surface area contributed by atoms with Crippen LogP contribution in [0.3, 0.4) is 0 Å². The monoisotopic (exact) mass is 675 g/mol. The second-order valence-electron chi connectivity index (χ2n) is 10.3. The van der Waals surface area contributed by atoms with Crippen LogP contribution in [0.2, 0.25) is 5.02 Å². The summed E-state index contributed by atoms with van der Waals surface area (Å²) in [4.78, 5) is 2.96. The van der Waals surface area contributed by atoms with Crippen LogP contribution in [0, 0.1) is 0 Å². The average molecular weight is 676 g/mol. The van der Waals surface area contributed by atoms with Crippen LogP contribution in [0.15, 0.2) is 92.7 Å². The summed E-state index contributed by atoms with van der Waals surface area (Å²) in [6.07, 6.45) is 4.96. The number of rotatable bonds is 12. The fraction of sp³-hybridized carbons (Fsp3) is 0.258. The third-order valence-corrected chi connectivity index (χ3v) is 10.1. The highest BCUT2D eigenvalue weighted by Crippen LogP contribution is 2.47. The molecule has 4 aromatic rings. The van der Waals surface area contributed by atoms with Crippen molar-refractivity contribution >= 4 is 66.5 Å². The molecule has 1 aliphatic rings. The molecule has 0 fully saturated rings. The summed E-state index contributed by atoms with van der Waals surface area (Å²) in [6.45, 7) is 2.66. The number of hydrogen-bond donors (Lipinski definition) is 2. The number of hydrogen-bond acceptors (Lipinski definition) is 7. The van der Waals surface area contributed by atoms with E-state index in [0.717, 1.165) is 37.8 Å². The number of thioether (sulfide) groups is 1. The van der Waals surface area contributed by atoms with E-state index in [1.165, 1.54) is 11.8 Å². The third-order valence-electron chi connectivity index (χ3n) is 7.12. The third kappa shape index (κ3) is 8.12. The van der Waals surface area contributed by atoms with E-state index in [4.69, 9.17) is 16.0 Å². The Kier molecular flexibility index (Phi) is 9.88. The minimum absolute atomic E-state index is 0.185. The lowest BCUT2D eigenvalue weighted by molar-refractivity contribution is -0.677. The van der Waals surface area contributed by atoms with Crippen LogP contribution >= 0.6 is 23.4 Å². The quantitative estimate of drug-likeness (QED) is 0.122. The first-order valence-corrected chi connectivity index (χ1v) is 18.4. The van der Waals surface area contributed by atoms with Gasteiger partial charge in [0.1, 0.15) is 0 Å². The molecule has 0 spiro atoms. The van der Waals surface area contributed by atoms with Crippen LogP contribution in [-0.2, 0) is 26.8 Å². The number of aromatic nitrogens is 1. The van der Waals surface area contributed by atoms with Gasteiger partial charge in [0.2, 0.25) is 5.58 Å². The molecule has 1 aliphatic heterocycles. The summed E-state index contributed by atoms with van der Waals surface area (Å²) in [7, 11) is -8.23. The predicted molar refractivity (Wildman–Crippen MR) is 175 cm³/mol. The first kappa shape index (κ1) is 32.3. The lowest BCUT2D eigenvalue weighted by Crippen LogP contribution is -2.36. The van der Waals surface area contributed by atoms with E-state index in [1.54, 1.807) is 6.07 Å². The van der Waals surface area contributed by atoms with Crippen molar-refractivity contribution in [2.45, 2.75) is 37.6 Å². The van der Waals surface area contributed by atoms with Crippen molar-refractivity contribution in [1.82, 2.24) is 0 Å². The van der Waals surface area contributed by atoms with Crippen molar-refractivity contribution in [3.8, 4) is 11.1 Å². The van der Waals surface area contributed by atoms with Gasteiger partial charge in [-0.2, -0.15) is 21.4 Å². The van der Waals surface area contributed by atoms with E-state index < -0.39 is 20.2 Å². The molecule has 5 rings (SSSR count). The van der Waals surface area contributed by atoms with Gasteiger partial charge >= 0.3 is 5.89 Å². The Morgan fingerprint density at radius 3 is 2.39 bits per heavy atom. The van der Waals surface area contributed by atoms with Gasteiger partial charge in [0.25, 0.3) is 25.8 Å². The van der Waals surface area contributed by atoms with Crippen LogP contribution in [0.25, 0.3) is 28.3 Å². The maximum atomic E-state index is 11.5. The van der Waals surface area contributed by atoms with Gasteiger partial charge in [0.05, 0.1) is 28.3 Å². The SMILES string of the molecule is CCC(=Cc1oc2ccc(-c3ccccc3)cc2[n+]1CCCS(=O)(=O)O)C=C1Sc2ccc(Cl)cc2N1CCCS(=O)(=O)O. The lowest BCUT2D eigenvalue weighted by Gasteiger charge is -2.20.